The Balaban J connectivity index is 1.20. The van der Waals surface area contributed by atoms with Crippen molar-refractivity contribution in [3.05, 3.63) is 233 Å². The maximum atomic E-state index is 7.08. The smallest absolute Gasteiger partial charge is 0.132 e. The van der Waals surface area contributed by atoms with E-state index in [4.69, 9.17) is 4.74 Å². The fraction of sp³-hybridized carbons (Fsp3) is 0.0741. The van der Waals surface area contributed by atoms with E-state index in [0.717, 1.165) is 17.9 Å². The van der Waals surface area contributed by atoms with Gasteiger partial charge in [0.2, 0.25) is 0 Å². The van der Waals surface area contributed by atoms with E-state index in [1.165, 1.54) is 94.2 Å². The number of rotatable bonds is 1. The van der Waals surface area contributed by atoms with Crippen molar-refractivity contribution in [2.75, 3.05) is 0 Å². The molecule has 2 atom stereocenters. The van der Waals surface area contributed by atoms with Gasteiger partial charge >= 0.3 is 0 Å². The zero-order valence-corrected chi connectivity index (χ0v) is 30.1. The van der Waals surface area contributed by atoms with E-state index in [9.17, 15) is 0 Å². The SMILES string of the molecule is C1=CCC2C(=C1)Oc1cccc(-c3cccc4c3C3(c5ccccc5-4)c4ccccc4-c4c3ccc3ccccc43)c1C21c2ccccc2-c2ccccc21. The van der Waals surface area contributed by atoms with Crippen LogP contribution in [0.2, 0.25) is 0 Å². The quantitative estimate of drug-likeness (QED) is 0.166. The first-order valence-corrected chi connectivity index (χ1v) is 19.5. The van der Waals surface area contributed by atoms with Crippen LogP contribution in [0.25, 0.3) is 55.3 Å². The summed E-state index contributed by atoms with van der Waals surface area (Å²) in [6, 6.07) is 64.2. The Morgan fingerprint density at radius 3 is 1.73 bits per heavy atom. The minimum atomic E-state index is -0.506. The maximum absolute atomic E-state index is 7.08. The number of ether oxygens (including phenoxy) is 1. The van der Waals surface area contributed by atoms with Gasteiger partial charge in [-0.2, -0.15) is 0 Å². The highest BCUT2D eigenvalue weighted by molar-refractivity contribution is 6.07. The summed E-state index contributed by atoms with van der Waals surface area (Å²) >= 11 is 0. The van der Waals surface area contributed by atoms with Crippen molar-refractivity contribution >= 4 is 10.8 Å². The lowest BCUT2D eigenvalue weighted by Crippen LogP contribution is -2.42. The van der Waals surface area contributed by atoms with Gasteiger partial charge in [0.05, 0.1) is 10.8 Å². The third-order valence-electron chi connectivity index (χ3n) is 13.6. The Bertz CT molecular complexity index is 3020. The fourth-order valence-corrected chi connectivity index (χ4v) is 11.8. The topological polar surface area (TPSA) is 9.23 Å². The van der Waals surface area contributed by atoms with Gasteiger partial charge in [-0.15, -0.1) is 0 Å². The summed E-state index contributed by atoms with van der Waals surface area (Å²) in [7, 11) is 0. The predicted molar refractivity (Wildman–Crippen MR) is 223 cm³/mol. The van der Waals surface area contributed by atoms with Crippen LogP contribution in [0.1, 0.15) is 45.4 Å². The highest BCUT2D eigenvalue weighted by atomic mass is 16.5. The molecule has 256 valence electrons. The van der Waals surface area contributed by atoms with Crippen molar-refractivity contribution in [1.82, 2.24) is 0 Å². The van der Waals surface area contributed by atoms with Crippen molar-refractivity contribution in [2.45, 2.75) is 17.3 Å². The molecule has 0 radical (unpaired) electrons. The van der Waals surface area contributed by atoms with Crippen molar-refractivity contribution in [1.29, 1.82) is 0 Å². The number of hydrogen-bond donors (Lipinski definition) is 0. The summed E-state index contributed by atoms with van der Waals surface area (Å²) in [6.45, 7) is 0. The maximum Gasteiger partial charge on any atom is 0.132 e. The Morgan fingerprint density at radius 1 is 0.436 bits per heavy atom. The normalized spacial score (nSPS) is 19.4. The molecular formula is C54H34O. The molecule has 1 nitrogen and oxygen atoms in total. The van der Waals surface area contributed by atoms with Gasteiger partial charge in [0.25, 0.3) is 0 Å². The van der Waals surface area contributed by atoms with Crippen LogP contribution in [-0.4, -0.2) is 0 Å². The minimum absolute atomic E-state index is 0.109. The van der Waals surface area contributed by atoms with E-state index >= 15 is 0 Å². The first-order valence-electron chi connectivity index (χ1n) is 19.5. The monoisotopic (exact) mass is 698 g/mol. The number of fused-ring (bicyclic) bond motifs is 21. The Hall–Kier alpha value is -6.70. The van der Waals surface area contributed by atoms with Crippen molar-refractivity contribution < 1.29 is 4.74 Å². The molecule has 5 aliphatic rings. The molecule has 0 aromatic heterocycles. The van der Waals surface area contributed by atoms with Crippen molar-refractivity contribution in [2.24, 2.45) is 5.92 Å². The second kappa shape index (κ2) is 10.5. The van der Waals surface area contributed by atoms with E-state index in [-0.39, 0.29) is 5.92 Å². The van der Waals surface area contributed by atoms with Gasteiger partial charge in [0.1, 0.15) is 11.5 Å². The van der Waals surface area contributed by atoms with E-state index in [1.807, 2.05) is 0 Å². The fourth-order valence-electron chi connectivity index (χ4n) is 11.8. The molecule has 0 fully saturated rings. The third-order valence-corrected chi connectivity index (χ3v) is 13.6. The van der Waals surface area contributed by atoms with Gasteiger partial charge in [-0.3, -0.25) is 0 Å². The summed E-state index contributed by atoms with van der Waals surface area (Å²) in [5.74, 6) is 2.10. The molecule has 1 heterocycles. The standard InChI is InChI=1S/C54H34O/c1-2-16-34-33(15-1)31-32-47-50(34)41-20-6-10-27-45(41)54(47)44-26-9-5-19-37(44)38-21-13-22-39(51(38)54)40-23-14-30-49-52(40)53(46-28-11-12-29-48(46)55-49)42-24-7-3-17-35(42)36-18-4-8-25-43(36)53/h1-27,29-32,46H,28H2. The van der Waals surface area contributed by atoms with Gasteiger partial charge in [0.15, 0.2) is 0 Å². The Kier molecular flexibility index (Phi) is 5.67. The molecule has 1 heteroatoms. The largest absolute Gasteiger partial charge is 0.461 e. The zero-order valence-electron chi connectivity index (χ0n) is 30.1. The zero-order chi connectivity index (χ0) is 35.9. The van der Waals surface area contributed by atoms with E-state index in [2.05, 4.69) is 188 Å². The lowest BCUT2D eigenvalue weighted by atomic mass is 9.58. The van der Waals surface area contributed by atoms with Crippen LogP contribution in [0, 0.1) is 5.92 Å². The number of hydrogen-bond acceptors (Lipinski definition) is 1. The summed E-state index contributed by atoms with van der Waals surface area (Å²) in [5, 5.41) is 2.58. The van der Waals surface area contributed by atoms with Crippen LogP contribution in [0.4, 0.5) is 0 Å². The van der Waals surface area contributed by atoms with Crippen molar-refractivity contribution in [3.63, 3.8) is 0 Å². The van der Waals surface area contributed by atoms with Gasteiger partial charge in [0, 0.05) is 11.5 Å². The third kappa shape index (κ3) is 3.43. The van der Waals surface area contributed by atoms with E-state index in [0.29, 0.717) is 0 Å². The molecule has 1 aliphatic heterocycles. The summed E-state index contributed by atoms with van der Waals surface area (Å²) in [5.41, 5.74) is 18.9. The second-order valence-electron chi connectivity index (χ2n) is 15.7. The molecule has 0 saturated heterocycles. The van der Waals surface area contributed by atoms with E-state index < -0.39 is 10.8 Å². The molecule has 0 bridgehead atoms. The first-order chi connectivity index (χ1) is 27.3. The van der Waals surface area contributed by atoms with Crippen LogP contribution in [-0.2, 0) is 10.8 Å². The predicted octanol–water partition coefficient (Wildman–Crippen LogP) is 13.0. The minimum Gasteiger partial charge on any atom is -0.461 e. The molecule has 55 heavy (non-hydrogen) atoms. The van der Waals surface area contributed by atoms with Crippen molar-refractivity contribution in [3.8, 4) is 50.3 Å². The van der Waals surface area contributed by atoms with Gasteiger partial charge in [-0.25, -0.2) is 0 Å². The molecule has 8 aromatic rings. The second-order valence-corrected chi connectivity index (χ2v) is 15.7. The average Bonchev–Trinajstić information content (AvgIpc) is 3.84. The van der Waals surface area contributed by atoms with Crippen LogP contribution in [0.15, 0.2) is 194 Å². The van der Waals surface area contributed by atoms with Gasteiger partial charge in [-0.05, 0) is 107 Å². The first kappa shape index (κ1) is 29.7. The number of allylic oxidation sites excluding steroid dienone is 4. The lowest BCUT2D eigenvalue weighted by molar-refractivity contribution is 0.253. The van der Waals surface area contributed by atoms with Crippen LogP contribution in [0.5, 0.6) is 5.75 Å². The van der Waals surface area contributed by atoms with Crippen LogP contribution < -0.4 is 4.74 Å². The molecule has 13 rings (SSSR count). The highest BCUT2D eigenvalue weighted by Gasteiger charge is 2.58. The van der Waals surface area contributed by atoms with Crippen LogP contribution in [0.3, 0.4) is 0 Å². The van der Waals surface area contributed by atoms with E-state index in [1.54, 1.807) is 0 Å². The summed E-state index contributed by atoms with van der Waals surface area (Å²) < 4.78 is 7.08. The van der Waals surface area contributed by atoms with Gasteiger partial charge in [-0.1, -0.05) is 176 Å². The Labute approximate surface area is 320 Å². The Morgan fingerprint density at radius 2 is 0.982 bits per heavy atom. The van der Waals surface area contributed by atoms with Crippen LogP contribution >= 0.6 is 0 Å². The highest BCUT2D eigenvalue weighted by Crippen LogP contribution is 2.68. The molecule has 0 saturated carbocycles. The molecule has 2 unspecified atom stereocenters. The number of benzene rings is 8. The van der Waals surface area contributed by atoms with Gasteiger partial charge < -0.3 is 4.74 Å². The molecular weight excluding hydrogens is 665 g/mol. The summed E-state index contributed by atoms with van der Waals surface area (Å²) in [4.78, 5) is 0. The average molecular weight is 699 g/mol. The molecule has 8 aromatic carbocycles. The lowest BCUT2D eigenvalue weighted by Gasteiger charge is -2.47. The molecule has 0 amide bonds. The molecule has 2 spiro atoms. The molecule has 0 N–H and O–H groups in total. The molecule has 4 aliphatic carbocycles. The summed E-state index contributed by atoms with van der Waals surface area (Å²) in [6.07, 6.45) is 7.61.